The van der Waals surface area contributed by atoms with Crippen LogP contribution < -0.4 is 0 Å². The third kappa shape index (κ3) is 6.21. The summed E-state index contributed by atoms with van der Waals surface area (Å²) in [6, 6.07) is 11.7. The Labute approximate surface area is 179 Å². The van der Waals surface area contributed by atoms with Crippen molar-refractivity contribution in [1.82, 2.24) is 0 Å². The second-order valence-corrected chi connectivity index (χ2v) is 6.39. The van der Waals surface area contributed by atoms with Gasteiger partial charge in [0.2, 0.25) is 0 Å². The molecule has 6 nitrogen and oxygen atoms in total. The van der Waals surface area contributed by atoms with Gasteiger partial charge in [0.25, 0.3) is 6.43 Å². The van der Waals surface area contributed by atoms with Gasteiger partial charge in [-0.05, 0) is 25.0 Å². The highest BCUT2D eigenvalue weighted by molar-refractivity contribution is 6.43. The molecule has 0 radical (unpaired) electrons. The number of nitrogens with zero attached hydrogens (tertiary/aromatic N) is 2. The summed E-state index contributed by atoms with van der Waals surface area (Å²) >= 11 is 0. The first-order chi connectivity index (χ1) is 14.9. The molecule has 2 rings (SSSR count). The lowest BCUT2D eigenvalue weighted by atomic mass is 9.99. The van der Waals surface area contributed by atoms with E-state index in [-0.39, 0.29) is 17.9 Å². The van der Waals surface area contributed by atoms with Crippen LogP contribution in [0.1, 0.15) is 34.7 Å². The lowest BCUT2D eigenvalue weighted by Gasteiger charge is -2.13. The van der Waals surface area contributed by atoms with E-state index in [0.29, 0.717) is 11.1 Å². The van der Waals surface area contributed by atoms with Gasteiger partial charge >= 0.3 is 5.97 Å². The van der Waals surface area contributed by atoms with Gasteiger partial charge in [-0.25, -0.2) is 13.6 Å². The Morgan fingerprint density at radius 1 is 1.10 bits per heavy atom. The van der Waals surface area contributed by atoms with E-state index in [0.717, 1.165) is 11.1 Å². The van der Waals surface area contributed by atoms with Crippen LogP contribution >= 0.6 is 0 Å². The molecule has 0 N–H and O–H groups in total. The van der Waals surface area contributed by atoms with Gasteiger partial charge in [0.05, 0.1) is 7.11 Å². The van der Waals surface area contributed by atoms with Crippen LogP contribution in [0.25, 0.3) is 6.08 Å². The fourth-order valence-corrected chi connectivity index (χ4v) is 2.84. The third-order valence-corrected chi connectivity index (χ3v) is 4.37. The molecule has 0 aliphatic rings. The molecule has 0 atom stereocenters. The molecule has 0 saturated heterocycles. The van der Waals surface area contributed by atoms with Gasteiger partial charge in [0, 0.05) is 16.7 Å². The van der Waals surface area contributed by atoms with Crippen LogP contribution in [0.4, 0.5) is 8.78 Å². The fourth-order valence-electron chi connectivity index (χ4n) is 2.84. The molecule has 0 amide bonds. The van der Waals surface area contributed by atoms with E-state index in [4.69, 9.17) is 14.4 Å². The number of aryl methyl sites for hydroxylation is 1. The Bertz CT molecular complexity index is 984. The van der Waals surface area contributed by atoms with Gasteiger partial charge in [-0.1, -0.05) is 64.9 Å². The number of rotatable bonds is 9. The number of carbonyl (C=O) groups is 1. The van der Waals surface area contributed by atoms with E-state index in [9.17, 15) is 13.6 Å². The maximum Gasteiger partial charge on any atom is 0.360 e. The number of hydrogen-bond acceptors (Lipinski definition) is 6. The number of carbonyl (C=O) groups excluding carboxylic acids is 1. The predicted octanol–water partition coefficient (Wildman–Crippen LogP) is 4.74. The number of alkyl halides is 2. The van der Waals surface area contributed by atoms with E-state index >= 15 is 0 Å². The molecule has 2 aromatic rings. The summed E-state index contributed by atoms with van der Waals surface area (Å²) in [5.41, 5.74) is 2.30. The molecule has 0 spiro atoms. The zero-order valence-corrected chi connectivity index (χ0v) is 17.8. The maximum absolute atomic E-state index is 13.6. The molecule has 0 saturated carbocycles. The monoisotopic (exact) mass is 430 g/mol. The zero-order chi connectivity index (χ0) is 22.8. The number of halogens is 2. The summed E-state index contributed by atoms with van der Waals surface area (Å²) in [5.74, 6) is -0.702. The van der Waals surface area contributed by atoms with Crippen molar-refractivity contribution < 1.29 is 28.0 Å². The molecule has 0 aliphatic heterocycles. The quantitative estimate of drug-likeness (QED) is 0.327. The number of benzene rings is 2. The Kier molecular flexibility index (Phi) is 8.87. The first-order valence-electron chi connectivity index (χ1n) is 9.42. The van der Waals surface area contributed by atoms with Gasteiger partial charge in [-0.3, -0.25) is 0 Å². The topological polar surface area (TPSA) is 69.5 Å². The zero-order valence-electron chi connectivity index (χ0n) is 17.8. The van der Waals surface area contributed by atoms with Crippen molar-refractivity contribution in [3.05, 3.63) is 76.4 Å². The molecule has 164 valence electrons. The maximum atomic E-state index is 13.6. The van der Waals surface area contributed by atoms with Crippen molar-refractivity contribution >= 4 is 23.5 Å². The summed E-state index contributed by atoms with van der Waals surface area (Å²) in [6.07, 6.45) is 0.888. The van der Waals surface area contributed by atoms with Crippen LogP contribution in [0.15, 0.2) is 58.9 Å². The van der Waals surface area contributed by atoms with Gasteiger partial charge in [0.1, 0.15) is 13.7 Å². The summed E-state index contributed by atoms with van der Waals surface area (Å²) in [6.45, 7) is 3.51. The average Bonchev–Trinajstić information content (AvgIpc) is 2.76. The van der Waals surface area contributed by atoms with Crippen LogP contribution in [0.3, 0.4) is 0 Å². The van der Waals surface area contributed by atoms with Crippen LogP contribution in [0.5, 0.6) is 0 Å². The summed E-state index contributed by atoms with van der Waals surface area (Å²) < 4.78 is 31.9. The molecule has 0 unspecified atom stereocenters. The number of ether oxygens (including phenoxy) is 1. The first-order valence-corrected chi connectivity index (χ1v) is 9.42. The second-order valence-electron chi connectivity index (χ2n) is 6.39. The highest BCUT2D eigenvalue weighted by Gasteiger charge is 2.21. The van der Waals surface area contributed by atoms with Crippen LogP contribution in [-0.4, -0.2) is 38.0 Å². The number of allylic oxidation sites excluding steroid dienone is 1. The third-order valence-electron chi connectivity index (χ3n) is 4.37. The standard InChI is InChI=1S/C23H24F2N2O4/c1-5-7-16-10-12-17(13-11-16)20(22(24)25)27-31-14-19-15(2)8-6-9-18(19)21(26-30-4)23(28)29-3/h5-13,22H,14H2,1-4H3/b7-5+,26-21+,27-20-. The Hall–Kier alpha value is -3.55. The fraction of sp³-hybridized carbons (Fsp3) is 0.261. The SMILES string of the molecule is C/C=C/c1ccc(/C(=N/OCc2c(C)cccc2/C(=N\OC)C(=O)OC)C(F)F)cc1. The van der Waals surface area contributed by atoms with E-state index in [1.165, 1.54) is 14.2 Å². The van der Waals surface area contributed by atoms with Gasteiger partial charge in [-0.15, -0.1) is 0 Å². The van der Waals surface area contributed by atoms with Crippen molar-refractivity contribution in [2.24, 2.45) is 10.3 Å². The Morgan fingerprint density at radius 2 is 1.81 bits per heavy atom. The van der Waals surface area contributed by atoms with Crippen LogP contribution in [0, 0.1) is 6.92 Å². The molecule has 0 heterocycles. The average molecular weight is 430 g/mol. The molecular formula is C23H24F2N2O4. The smallest absolute Gasteiger partial charge is 0.360 e. The van der Waals surface area contributed by atoms with Crippen molar-refractivity contribution in [2.45, 2.75) is 26.9 Å². The summed E-state index contributed by atoms with van der Waals surface area (Å²) in [5, 5.41) is 7.41. The van der Waals surface area contributed by atoms with E-state index in [1.54, 1.807) is 49.4 Å². The summed E-state index contributed by atoms with van der Waals surface area (Å²) in [4.78, 5) is 22.1. The van der Waals surface area contributed by atoms with Crippen molar-refractivity contribution in [3.8, 4) is 0 Å². The van der Waals surface area contributed by atoms with Crippen molar-refractivity contribution in [3.63, 3.8) is 0 Å². The van der Waals surface area contributed by atoms with Crippen LogP contribution in [0.2, 0.25) is 0 Å². The van der Waals surface area contributed by atoms with Crippen molar-refractivity contribution in [1.29, 1.82) is 0 Å². The highest BCUT2D eigenvalue weighted by Crippen LogP contribution is 2.19. The minimum Gasteiger partial charge on any atom is -0.464 e. The summed E-state index contributed by atoms with van der Waals surface area (Å²) in [7, 11) is 2.52. The normalized spacial score (nSPS) is 12.4. The number of oxime groups is 2. The van der Waals surface area contributed by atoms with E-state index in [2.05, 4.69) is 10.3 Å². The molecule has 8 heteroatoms. The first kappa shape index (κ1) is 23.7. The number of hydrogen-bond donors (Lipinski definition) is 0. The minimum atomic E-state index is -2.83. The molecule has 31 heavy (non-hydrogen) atoms. The Morgan fingerprint density at radius 3 is 2.39 bits per heavy atom. The predicted molar refractivity (Wildman–Crippen MR) is 115 cm³/mol. The van der Waals surface area contributed by atoms with Crippen molar-refractivity contribution in [2.75, 3.05) is 14.2 Å². The van der Waals surface area contributed by atoms with Gasteiger partial charge in [0.15, 0.2) is 11.4 Å². The molecular weight excluding hydrogens is 406 g/mol. The molecule has 0 aromatic heterocycles. The minimum absolute atomic E-state index is 0.0649. The van der Waals surface area contributed by atoms with Gasteiger partial charge in [-0.2, -0.15) is 0 Å². The second kappa shape index (κ2) is 11.6. The largest absolute Gasteiger partial charge is 0.464 e. The van der Waals surface area contributed by atoms with E-state index < -0.39 is 18.1 Å². The molecule has 2 aromatic carbocycles. The van der Waals surface area contributed by atoms with Gasteiger partial charge < -0.3 is 14.4 Å². The lowest BCUT2D eigenvalue weighted by Crippen LogP contribution is -2.20. The highest BCUT2D eigenvalue weighted by atomic mass is 19.3. The van der Waals surface area contributed by atoms with Crippen LogP contribution in [-0.2, 0) is 25.8 Å². The lowest BCUT2D eigenvalue weighted by molar-refractivity contribution is -0.132. The molecule has 0 aliphatic carbocycles. The number of methoxy groups -OCH3 is 1. The van der Waals surface area contributed by atoms with E-state index in [1.807, 2.05) is 19.1 Å². The number of esters is 1. The Balaban J connectivity index is 2.33. The molecule has 0 bridgehead atoms. The molecule has 0 fully saturated rings.